The molecule has 96 valence electrons. The van der Waals surface area contributed by atoms with Gasteiger partial charge in [-0.2, -0.15) is 11.8 Å². The Morgan fingerprint density at radius 1 is 1.44 bits per heavy atom. The molecule has 1 nitrogen and oxygen atoms in total. The quantitative estimate of drug-likeness (QED) is 0.460. The maximum atomic E-state index is 3.98. The fraction of sp³-hybridized carbons (Fsp3) is 0.857. The third-order valence-electron chi connectivity index (χ3n) is 2.81. The Morgan fingerprint density at radius 3 is 2.62 bits per heavy atom. The summed E-state index contributed by atoms with van der Waals surface area (Å²) < 4.78 is 0. The van der Waals surface area contributed by atoms with E-state index in [1.54, 1.807) is 0 Å². The van der Waals surface area contributed by atoms with E-state index in [9.17, 15) is 0 Å². The van der Waals surface area contributed by atoms with E-state index in [4.69, 9.17) is 0 Å². The molecule has 1 unspecified atom stereocenters. The van der Waals surface area contributed by atoms with Crippen LogP contribution >= 0.6 is 11.8 Å². The Hall–Kier alpha value is 0.0500. The van der Waals surface area contributed by atoms with Crippen LogP contribution in [0.4, 0.5) is 0 Å². The van der Waals surface area contributed by atoms with Gasteiger partial charge in [-0.15, -0.1) is 6.58 Å². The van der Waals surface area contributed by atoms with Crippen molar-refractivity contribution in [2.45, 2.75) is 40.5 Å². The minimum absolute atomic E-state index is 0.267. The van der Waals surface area contributed by atoms with E-state index >= 15 is 0 Å². The lowest BCUT2D eigenvalue weighted by Gasteiger charge is -2.26. The molecule has 2 heteroatoms. The average Bonchev–Trinajstić information content (AvgIpc) is 2.24. The Labute approximate surface area is 106 Å². The second-order valence-corrected chi connectivity index (χ2v) is 6.58. The molecule has 0 amide bonds. The topological polar surface area (TPSA) is 12.0 Å². The number of rotatable bonds is 10. The second-order valence-electron chi connectivity index (χ2n) is 5.18. The van der Waals surface area contributed by atoms with Crippen molar-refractivity contribution in [3.05, 3.63) is 12.7 Å². The summed E-state index contributed by atoms with van der Waals surface area (Å²) in [5, 5.41) is 3.54. The standard InChI is InChI=1S/C14H29NS/c1-6-14(5,9-8-10-16-7-2)12-15-11-13(3)4/h6,13,15H,1,7-12H2,2-5H3. The zero-order chi connectivity index (χ0) is 12.4. The van der Waals surface area contributed by atoms with Crippen molar-refractivity contribution >= 4 is 11.8 Å². The Morgan fingerprint density at radius 2 is 2.12 bits per heavy atom. The van der Waals surface area contributed by atoms with Gasteiger partial charge in [0, 0.05) is 6.54 Å². The highest BCUT2D eigenvalue weighted by Gasteiger charge is 2.19. The summed E-state index contributed by atoms with van der Waals surface area (Å²) >= 11 is 2.03. The van der Waals surface area contributed by atoms with Gasteiger partial charge in [-0.25, -0.2) is 0 Å². The highest BCUT2D eigenvalue weighted by atomic mass is 32.2. The van der Waals surface area contributed by atoms with Crippen molar-refractivity contribution in [1.29, 1.82) is 0 Å². The fourth-order valence-corrected chi connectivity index (χ4v) is 2.27. The van der Waals surface area contributed by atoms with Gasteiger partial charge >= 0.3 is 0 Å². The molecule has 0 aliphatic heterocycles. The smallest absolute Gasteiger partial charge is 0.00399 e. The molecule has 0 heterocycles. The van der Waals surface area contributed by atoms with Gasteiger partial charge in [0.25, 0.3) is 0 Å². The van der Waals surface area contributed by atoms with Crippen molar-refractivity contribution in [3.63, 3.8) is 0 Å². The van der Waals surface area contributed by atoms with Gasteiger partial charge in [0.2, 0.25) is 0 Å². The summed E-state index contributed by atoms with van der Waals surface area (Å²) in [5.74, 6) is 3.24. The average molecular weight is 243 g/mol. The van der Waals surface area contributed by atoms with Crippen LogP contribution in [0.5, 0.6) is 0 Å². The Bertz CT molecular complexity index is 180. The van der Waals surface area contributed by atoms with E-state index in [-0.39, 0.29) is 5.41 Å². The van der Waals surface area contributed by atoms with Gasteiger partial charge in [0.1, 0.15) is 0 Å². The molecular formula is C14H29NS. The number of hydrogen-bond acceptors (Lipinski definition) is 2. The third-order valence-corrected chi connectivity index (χ3v) is 3.80. The van der Waals surface area contributed by atoms with Crippen LogP contribution < -0.4 is 5.32 Å². The summed E-state index contributed by atoms with van der Waals surface area (Å²) in [7, 11) is 0. The van der Waals surface area contributed by atoms with Crippen LogP contribution in [0, 0.1) is 11.3 Å². The van der Waals surface area contributed by atoms with Gasteiger partial charge in [0.15, 0.2) is 0 Å². The van der Waals surface area contributed by atoms with Crippen LogP contribution in [0.2, 0.25) is 0 Å². The number of nitrogens with one attached hydrogen (secondary N) is 1. The van der Waals surface area contributed by atoms with Gasteiger partial charge in [-0.1, -0.05) is 33.8 Å². The largest absolute Gasteiger partial charge is 0.316 e. The predicted molar refractivity (Wildman–Crippen MR) is 78.2 cm³/mol. The Kier molecular flexibility index (Phi) is 9.15. The lowest BCUT2D eigenvalue weighted by molar-refractivity contribution is 0.352. The summed E-state index contributed by atoms with van der Waals surface area (Å²) in [6.07, 6.45) is 4.66. The van der Waals surface area contributed by atoms with Gasteiger partial charge < -0.3 is 5.32 Å². The zero-order valence-electron chi connectivity index (χ0n) is 11.5. The first-order chi connectivity index (χ1) is 7.54. The van der Waals surface area contributed by atoms with E-state index in [2.05, 4.69) is 45.7 Å². The van der Waals surface area contributed by atoms with Crippen LogP contribution in [-0.4, -0.2) is 24.6 Å². The molecule has 0 saturated carbocycles. The Balaban J connectivity index is 3.77. The highest BCUT2D eigenvalue weighted by Crippen LogP contribution is 2.24. The first-order valence-corrected chi connectivity index (χ1v) is 7.61. The number of thioether (sulfide) groups is 1. The van der Waals surface area contributed by atoms with Gasteiger partial charge in [-0.05, 0) is 42.2 Å². The van der Waals surface area contributed by atoms with E-state index in [0.717, 1.165) is 19.0 Å². The lowest BCUT2D eigenvalue weighted by Crippen LogP contribution is -2.32. The molecule has 0 saturated heterocycles. The summed E-state index contributed by atoms with van der Waals surface area (Å²) in [6.45, 7) is 15.2. The zero-order valence-corrected chi connectivity index (χ0v) is 12.3. The highest BCUT2D eigenvalue weighted by molar-refractivity contribution is 7.99. The van der Waals surface area contributed by atoms with Crippen LogP contribution in [0.25, 0.3) is 0 Å². The molecule has 1 N–H and O–H groups in total. The molecule has 1 atom stereocenters. The molecule has 0 aromatic carbocycles. The molecule has 16 heavy (non-hydrogen) atoms. The molecule has 0 rings (SSSR count). The summed E-state index contributed by atoms with van der Waals surface area (Å²) in [6, 6.07) is 0. The molecule has 0 aromatic heterocycles. The van der Waals surface area contributed by atoms with E-state index in [1.807, 2.05) is 11.8 Å². The predicted octanol–water partition coefficient (Wildman–Crippen LogP) is 3.96. The maximum Gasteiger partial charge on any atom is 0.00399 e. The van der Waals surface area contributed by atoms with Crippen LogP contribution in [0.3, 0.4) is 0 Å². The monoisotopic (exact) mass is 243 g/mol. The maximum absolute atomic E-state index is 3.98. The molecule has 0 aliphatic rings. The molecular weight excluding hydrogens is 214 g/mol. The van der Waals surface area contributed by atoms with Crippen LogP contribution in [-0.2, 0) is 0 Å². The molecule has 0 aliphatic carbocycles. The number of hydrogen-bond donors (Lipinski definition) is 1. The van der Waals surface area contributed by atoms with Crippen molar-refractivity contribution < 1.29 is 0 Å². The van der Waals surface area contributed by atoms with Crippen molar-refractivity contribution in [2.24, 2.45) is 11.3 Å². The van der Waals surface area contributed by atoms with Gasteiger partial charge in [0.05, 0.1) is 0 Å². The molecule has 0 bridgehead atoms. The second kappa shape index (κ2) is 9.12. The van der Waals surface area contributed by atoms with E-state index in [0.29, 0.717) is 0 Å². The van der Waals surface area contributed by atoms with E-state index < -0.39 is 0 Å². The molecule has 0 fully saturated rings. The van der Waals surface area contributed by atoms with Crippen molar-refractivity contribution in [2.75, 3.05) is 24.6 Å². The third kappa shape index (κ3) is 8.23. The fourth-order valence-electron chi connectivity index (χ4n) is 1.63. The summed E-state index contributed by atoms with van der Waals surface area (Å²) in [5.41, 5.74) is 0.267. The first kappa shape index (κ1) is 16.1. The van der Waals surface area contributed by atoms with Crippen LogP contribution in [0.1, 0.15) is 40.5 Å². The molecule has 0 spiro atoms. The van der Waals surface area contributed by atoms with E-state index in [1.165, 1.54) is 24.3 Å². The molecule has 0 aromatic rings. The SMILES string of the molecule is C=CC(C)(CCCSCC)CNCC(C)C. The molecule has 0 radical (unpaired) electrons. The normalized spacial score (nSPS) is 15.1. The van der Waals surface area contributed by atoms with Crippen molar-refractivity contribution in [1.82, 2.24) is 5.32 Å². The minimum atomic E-state index is 0.267. The van der Waals surface area contributed by atoms with Crippen LogP contribution in [0.15, 0.2) is 12.7 Å². The van der Waals surface area contributed by atoms with Gasteiger partial charge in [-0.3, -0.25) is 0 Å². The lowest BCUT2D eigenvalue weighted by atomic mass is 9.85. The first-order valence-electron chi connectivity index (χ1n) is 6.46. The minimum Gasteiger partial charge on any atom is -0.316 e. The van der Waals surface area contributed by atoms with Crippen molar-refractivity contribution in [3.8, 4) is 0 Å². The summed E-state index contributed by atoms with van der Waals surface area (Å²) in [4.78, 5) is 0.